The Bertz CT molecular complexity index is 1290. The fourth-order valence-corrected chi connectivity index (χ4v) is 3.21. The number of fused-ring (bicyclic) bond motifs is 2. The van der Waals surface area contributed by atoms with Gasteiger partial charge in [0, 0.05) is 23.6 Å². The van der Waals surface area contributed by atoms with Crippen LogP contribution in [0.3, 0.4) is 0 Å². The van der Waals surface area contributed by atoms with Crippen LogP contribution < -0.4 is 5.32 Å². The lowest BCUT2D eigenvalue weighted by Gasteiger charge is -2.08. The number of hydrogen-bond donors (Lipinski definition) is 2. The SMILES string of the molecule is O=C(Nc1cccc(-c2nc3ccccc3[nH]2)c1)c1cccc2nccnc12. The zero-order valence-electron chi connectivity index (χ0n) is 14.8. The summed E-state index contributed by atoms with van der Waals surface area (Å²) in [6.45, 7) is 0. The van der Waals surface area contributed by atoms with Crippen molar-refractivity contribution in [3.05, 3.63) is 84.7 Å². The number of carbonyl (C=O) groups excluding carboxylic acids is 1. The molecule has 0 aliphatic heterocycles. The lowest BCUT2D eigenvalue weighted by molar-refractivity contribution is 0.102. The first-order valence-electron chi connectivity index (χ1n) is 8.84. The van der Waals surface area contributed by atoms with Crippen LogP contribution >= 0.6 is 0 Å². The number of hydrogen-bond acceptors (Lipinski definition) is 4. The van der Waals surface area contributed by atoms with Crippen LogP contribution in [0.25, 0.3) is 33.5 Å². The molecule has 0 atom stereocenters. The van der Waals surface area contributed by atoms with E-state index in [1.165, 1.54) is 0 Å². The summed E-state index contributed by atoms with van der Waals surface area (Å²) in [5.74, 6) is 0.529. The summed E-state index contributed by atoms with van der Waals surface area (Å²) in [4.78, 5) is 29.3. The average Bonchev–Trinajstić information content (AvgIpc) is 3.18. The van der Waals surface area contributed by atoms with Crippen LogP contribution in [0, 0.1) is 0 Å². The molecule has 5 aromatic rings. The standard InChI is InChI=1S/C22H15N5O/c28-22(16-7-4-10-19-20(16)24-12-11-23-19)25-15-6-3-5-14(13-15)21-26-17-8-1-2-9-18(17)27-21/h1-13H,(H,25,28)(H,26,27). The van der Waals surface area contributed by atoms with Crippen LogP contribution in [-0.4, -0.2) is 25.8 Å². The number of para-hydroxylation sites is 3. The second-order valence-electron chi connectivity index (χ2n) is 6.37. The Balaban J connectivity index is 1.47. The number of aromatic nitrogens is 4. The number of nitrogens with one attached hydrogen (secondary N) is 2. The maximum absolute atomic E-state index is 12.8. The van der Waals surface area contributed by atoms with Crippen LogP contribution in [-0.2, 0) is 0 Å². The number of H-pyrrole nitrogens is 1. The smallest absolute Gasteiger partial charge is 0.257 e. The molecule has 0 saturated carbocycles. The topological polar surface area (TPSA) is 83.6 Å². The molecule has 0 aliphatic rings. The molecule has 2 N–H and O–H groups in total. The first kappa shape index (κ1) is 16.1. The number of imidazole rings is 1. The van der Waals surface area contributed by atoms with E-state index in [0.717, 1.165) is 22.4 Å². The van der Waals surface area contributed by atoms with Gasteiger partial charge in [-0.3, -0.25) is 14.8 Å². The van der Waals surface area contributed by atoms with Crippen molar-refractivity contribution in [2.24, 2.45) is 0 Å². The summed E-state index contributed by atoms with van der Waals surface area (Å²) in [7, 11) is 0. The van der Waals surface area contributed by atoms with Crippen molar-refractivity contribution in [1.82, 2.24) is 19.9 Å². The van der Waals surface area contributed by atoms with Crippen molar-refractivity contribution >= 4 is 33.7 Å². The molecule has 0 unspecified atom stereocenters. The number of rotatable bonds is 3. The van der Waals surface area contributed by atoms with Gasteiger partial charge in [0.25, 0.3) is 5.91 Å². The second-order valence-corrected chi connectivity index (χ2v) is 6.37. The monoisotopic (exact) mass is 365 g/mol. The zero-order chi connectivity index (χ0) is 18.9. The Morgan fingerprint density at radius 3 is 2.61 bits per heavy atom. The highest BCUT2D eigenvalue weighted by molar-refractivity contribution is 6.11. The first-order valence-corrected chi connectivity index (χ1v) is 8.84. The van der Waals surface area contributed by atoms with Gasteiger partial charge in [0.05, 0.1) is 22.1 Å². The minimum atomic E-state index is -0.229. The van der Waals surface area contributed by atoms with Crippen molar-refractivity contribution < 1.29 is 4.79 Å². The number of nitrogens with zero attached hydrogens (tertiary/aromatic N) is 3. The molecule has 6 heteroatoms. The summed E-state index contributed by atoms with van der Waals surface area (Å²) < 4.78 is 0. The maximum atomic E-state index is 12.8. The van der Waals surface area contributed by atoms with E-state index in [9.17, 15) is 4.79 Å². The third kappa shape index (κ3) is 2.87. The highest BCUT2D eigenvalue weighted by Crippen LogP contribution is 2.24. The van der Waals surface area contributed by atoms with E-state index in [1.807, 2.05) is 54.6 Å². The zero-order valence-corrected chi connectivity index (χ0v) is 14.8. The number of anilines is 1. The normalized spacial score (nSPS) is 11.0. The average molecular weight is 365 g/mol. The van der Waals surface area contributed by atoms with Crippen LogP contribution in [0.4, 0.5) is 5.69 Å². The maximum Gasteiger partial charge on any atom is 0.257 e. The van der Waals surface area contributed by atoms with E-state index < -0.39 is 0 Å². The fourth-order valence-electron chi connectivity index (χ4n) is 3.21. The van der Waals surface area contributed by atoms with Crippen LogP contribution in [0.2, 0.25) is 0 Å². The first-order chi connectivity index (χ1) is 13.8. The minimum Gasteiger partial charge on any atom is -0.338 e. The molecule has 0 spiro atoms. The number of aromatic amines is 1. The van der Waals surface area contributed by atoms with Gasteiger partial charge >= 0.3 is 0 Å². The molecule has 2 aromatic heterocycles. The number of carbonyl (C=O) groups is 1. The summed E-state index contributed by atoms with van der Waals surface area (Å²) in [5.41, 5.74) is 5.21. The molecule has 0 aliphatic carbocycles. The van der Waals surface area contributed by atoms with E-state index in [-0.39, 0.29) is 5.91 Å². The lowest BCUT2D eigenvalue weighted by atomic mass is 10.1. The van der Waals surface area contributed by atoms with Crippen LogP contribution in [0.5, 0.6) is 0 Å². The van der Waals surface area contributed by atoms with E-state index in [0.29, 0.717) is 22.3 Å². The van der Waals surface area contributed by atoms with Gasteiger partial charge in [0.15, 0.2) is 0 Å². The summed E-state index contributed by atoms with van der Waals surface area (Å²) in [6, 6.07) is 20.8. The van der Waals surface area contributed by atoms with Gasteiger partial charge < -0.3 is 10.3 Å². The van der Waals surface area contributed by atoms with Crippen molar-refractivity contribution in [2.45, 2.75) is 0 Å². The van der Waals surface area contributed by atoms with Gasteiger partial charge in [-0.25, -0.2) is 4.98 Å². The Kier molecular flexibility index (Phi) is 3.80. The molecule has 5 rings (SSSR count). The van der Waals surface area contributed by atoms with Crippen molar-refractivity contribution in [1.29, 1.82) is 0 Å². The highest BCUT2D eigenvalue weighted by atomic mass is 16.1. The molecule has 0 fully saturated rings. The van der Waals surface area contributed by atoms with Gasteiger partial charge in [-0.1, -0.05) is 30.3 Å². The molecule has 0 bridgehead atoms. The largest absolute Gasteiger partial charge is 0.338 e. The molecule has 1 amide bonds. The highest BCUT2D eigenvalue weighted by Gasteiger charge is 2.12. The Hall–Kier alpha value is -4.06. The second kappa shape index (κ2) is 6.59. The molecular formula is C22H15N5O. The Morgan fingerprint density at radius 1 is 0.857 bits per heavy atom. The number of amides is 1. The van der Waals surface area contributed by atoms with Crippen LogP contribution in [0.15, 0.2) is 79.1 Å². The van der Waals surface area contributed by atoms with Crippen molar-refractivity contribution in [3.8, 4) is 11.4 Å². The summed E-state index contributed by atoms with van der Waals surface area (Å²) >= 11 is 0. The summed E-state index contributed by atoms with van der Waals surface area (Å²) in [5, 5.41) is 2.95. The van der Waals surface area contributed by atoms with E-state index in [2.05, 4.69) is 25.3 Å². The van der Waals surface area contributed by atoms with Crippen LogP contribution in [0.1, 0.15) is 10.4 Å². The van der Waals surface area contributed by atoms with Gasteiger partial charge in [0.2, 0.25) is 0 Å². The molecular weight excluding hydrogens is 350 g/mol. The number of benzene rings is 3. The van der Waals surface area contributed by atoms with Crippen molar-refractivity contribution in [3.63, 3.8) is 0 Å². The van der Waals surface area contributed by atoms with E-state index in [1.54, 1.807) is 24.5 Å². The predicted molar refractivity (Wildman–Crippen MR) is 109 cm³/mol. The third-order valence-electron chi connectivity index (χ3n) is 4.53. The quantitative estimate of drug-likeness (QED) is 0.495. The molecule has 134 valence electrons. The Labute approximate surface area is 160 Å². The predicted octanol–water partition coefficient (Wildman–Crippen LogP) is 4.43. The van der Waals surface area contributed by atoms with Crippen molar-refractivity contribution in [2.75, 3.05) is 5.32 Å². The van der Waals surface area contributed by atoms with Gasteiger partial charge in [-0.15, -0.1) is 0 Å². The third-order valence-corrected chi connectivity index (χ3v) is 4.53. The van der Waals surface area contributed by atoms with Gasteiger partial charge in [-0.05, 0) is 36.4 Å². The molecule has 0 saturated heterocycles. The molecule has 3 aromatic carbocycles. The molecule has 6 nitrogen and oxygen atoms in total. The Morgan fingerprint density at radius 2 is 1.68 bits per heavy atom. The lowest BCUT2D eigenvalue weighted by Crippen LogP contribution is -2.13. The fraction of sp³-hybridized carbons (Fsp3) is 0. The molecule has 28 heavy (non-hydrogen) atoms. The summed E-state index contributed by atoms with van der Waals surface area (Å²) in [6.07, 6.45) is 3.20. The molecule has 0 radical (unpaired) electrons. The molecule has 2 heterocycles. The minimum absolute atomic E-state index is 0.229. The van der Waals surface area contributed by atoms with Gasteiger partial charge in [-0.2, -0.15) is 0 Å². The van der Waals surface area contributed by atoms with Gasteiger partial charge in [0.1, 0.15) is 11.3 Å². The van der Waals surface area contributed by atoms with E-state index >= 15 is 0 Å². The van der Waals surface area contributed by atoms with E-state index in [4.69, 9.17) is 0 Å².